The Bertz CT molecular complexity index is 328. The van der Waals surface area contributed by atoms with Gasteiger partial charge in [-0.2, -0.15) is 0 Å². The van der Waals surface area contributed by atoms with Crippen molar-refractivity contribution in [3.63, 3.8) is 0 Å². The molecule has 0 heterocycles. The Morgan fingerprint density at radius 2 is 2.06 bits per heavy atom. The van der Waals surface area contributed by atoms with Gasteiger partial charge in [0.25, 0.3) is 0 Å². The van der Waals surface area contributed by atoms with Crippen LogP contribution in [0.3, 0.4) is 0 Å². The second-order valence-electron chi connectivity index (χ2n) is 4.38. The molecule has 0 bridgehead atoms. The molecule has 0 fully saturated rings. The van der Waals surface area contributed by atoms with E-state index in [1.807, 2.05) is 31.2 Å². The maximum absolute atomic E-state index is 10.1. The van der Waals surface area contributed by atoms with Gasteiger partial charge in [-0.25, -0.2) is 0 Å². The molecule has 2 N–H and O–H groups in total. The number of aryl methyl sites for hydroxylation is 1. The lowest BCUT2D eigenvalue weighted by Crippen LogP contribution is -2.28. The first-order valence-electron chi connectivity index (χ1n) is 6.25. The highest BCUT2D eigenvalue weighted by Crippen LogP contribution is 2.17. The maximum atomic E-state index is 10.1. The minimum Gasteiger partial charge on any atom is -0.395 e. The van der Waals surface area contributed by atoms with Crippen molar-refractivity contribution in [2.45, 2.75) is 26.4 Å². The lowest BCUT2D eigenvalue weighted by molar-refractivity contribution is 0.133. The molecule has 0 aliphatic heterocycles. The van der Waals surface area contributed by atoms with Gasteiger partial charge in [-0.1, -0.05) is 36.8 Å². The maximum Gasteiger partial charge on any atom is 0.0802 e. The molecular formula is C14H23NO2. The van der Waals surface area contributed by atoms with Crippen LogP contribution in [0.2, 0.25) is 0 Å². The standard InChI is InChI=1S/C14H23NO2/c1-3-15(9-10-16)8-7-14(17)13-6-4-5-12(2)11-13/h4-6,11,14,16-17H,3,7-10H2,1-2H3. The van der Waals surface area contributed by atoms with Crippen LogP contribution in [0.4, 0.5) is 0 Å². The SMILES string of the molecule is CCN(CCO)CCC(O)c1cccc(C)c1. The van der Waals surface area contributed by atoms with E-state index in [1.54, 1.807) is 0 Å². The monoisotopic (exact) mass is 237 g/mol. The van der Waals surface area contributed by atoms with E-state index in [9.17, 15) is 5.11 Å². The molecule has 0 amide bonds. The summed E-state index contributed by atoms with van der Waals surface area (Å²) in [6, 6.07) is 7.98. The predicted octanol–water partition coefficient (Wildman–Crippen LogP) is 1.73. The highest BCUT2D eigenvalue weighted by Gasteiger charge is 2.09. The zero-order chi connectivity index (χ0) is 12.7. The first-order chi connectivity index (χ1) is 8.17. The molecule has 3 heteroatoms. The van der Waals surface area contributed by atoms with E-state index >= 15 is 0 Å². The molecule has 1 rings (SSSR count). The van der Waals surface area contributed by atoms with Gasteiger partial charge in [0, 0.05) is 13.1 Å². The van der Waals surface area contributed by atoms with E-state index in [0.29, 0.717) is 13.0 Å². The summed E-state index contributed by atoms with van der Waals surface area (Å²) in [6.45, 7) is 6.66. The van der Waals surface area contributed by atoms with Gasteiger partial charge in [-0.05, 0) is 25.5 Å². The second-order valence-corrected chi connectivity index (χ2v) is 4.38. The third-order valence-electron chi connectivity index (χ3n) is 3.01. The molecule has 1 atom stereocenters. The van der Waals surface area contributed by atoms with Crippen LogP contribution in [0.5, 0.6) is 0 Å². The summed E-state index contributed by atoms with van der Waals surface area (Å²) in [5.74, 6) is 0. The molecule has 96 valence electrons. The minimum absolute atomic E-state index is 0.175. The van der Waals surface area contributed by atoms with E-state index < -0.39 is 6.10 Å². The molecule has 1 aromatic rings. The fourth-order valence-corrected chi connectivity index (χ4v) is 1.92. The van der Waals surface area contributed by atoms with E-state index in [0.717, 1.165) is 18.7 Å². The first-order valence-corrected chi connectivity index (χ1v) is 6.25. The van der Waals surface area contributed by atoms with Crippen LogP contribution in [0.1, 0.15) is 30.6 Å². The number of nitrogens with zero attached hydrogens (tertiary/aromatic N) is 1. The summed E-state index contributed by atoms with van der Waals surface area (Å²) in [5, 5.41) is 19.0. The number of hydrogen-bond donors (Lipinski definition) is 2. The molecule has 0 aromatic heterocycles. The Kier molecular flexibility index (Phi) is 6.19. The fraction of sp³-hybridized carbons (Fsp3) is 0.571. The van der Waals surface area contributed by atoms with Crippen molar-refractivity contribution >= 4 is 0 Å². The summed E-state index contributed by atoms with van der Waals surface area (Å²) in [5.41, 5.74) is 2.15. The summed E-state index contributed by atoms with van der Waals surface area (Å²) in [4.78, 5) is 2.14. The molecule has 0 radical (unpaired) electrons. The highest BCUT2D eigenvalue weighted by molar-refractivity contribution is 5.23. The van der Waals surface area contributed by atoms with Crippen molar-refractivity contribution in [3.8, 4) is 0 Å². The average molecular weight is 237 g/mol. The molecule has 3 nitrogen and oxygen atoms in total. The lowest BCUT2D eigenvalue weighted by atomic mass is 10.0. The normalized spacial score (nSPS) is 13.0. The summed E-state index contributed by atoms with van der Waals surface area (Å²) >= 11 is 0. The minimum atomic E-state index is -0.414. The zero-order valence-electron chi connectivity index (χ0n) is 10.8. The molecule has 0 spiro atoms. The Morgan fingerprint density at radius 1 is 1.29 bits per heavy atom. The van der Waals surface area contributed by atoms with Gasteiger partial charge >= 0.3 is 0 Å². The largest absolute Gasteiger partial charge is 0.395 e. The van der Waals surface area contributed by atoms with Crippen molar-refractivity contribution in [2.75, 3.05) is 26.2 Å². The zero-order valence-corrected chi connectivity index (χ0v) is 10.8. The average Bonchev–Trinajstić information content (AvgIpc) is 2.34. The summed E-state index contributed by atoms with van der Waals surface area (Å²) in [7, 11) is 0. The van der Waals surface area contributed by atoms with Gasteiger partial charge in [-0.3, -0.25) is 0 Å². The molecule has 0 aliphatic carbocycles. The molecule has 0 saturated heterocycles. The Hall–Kier alpha value is -0.900. The molecule has 17 heavy (non-hydrogen) atoms. The van der Waals surface area contributed by atoms with E-state index in [1.165, 1.54) is 5.56 Å². The Morgan fingerprint density at radius 3 is 2.65 bits per heavy atom. The number of benzene rings is 1. The Balaban J connectivity index is 2.46. The molecule has 1 aromatic carbocycles. The lowest BCUT2D eigenvalue weighted by Gasteiger charge is -2.21. The van der Waals surface area contributed by atoms with Crippen LogP contribution >= 0.6 is 0 Å². The van der Waals surface area contributed by atoms with Crippen LogP contribution in [0, 0.1) is 6.92 Å². The van der Waals surface area contributed by atoms with Crippen LogP contribution in [0.25, 0.3) is 0 Å². The molecule has 0 aliphatic rings. The fourth-order valence-electron chi connectivity index (χ4n) is 1.92. The molecule has 1 unspecified atom stereocenters. The van der Waals surface area contributed by atoms with Gasteiger partial charge in [0.1, 0.15) is 0 Å². The predicted molar refractivity (Wildman–Crippen MR) is 70.0 cm³/mol. The summed E-state index contributed by atoms with van der Waals surface area (Å²) in [6.07, 6.45) is 0.291. The number of aliphatic hydroxyl groups is 2. The molecule has 0 saturated carbocycles. The van der Waals surface area contributed by atoms with Crippen molar-refractivity contribution < 1.29 is 10.2 Å². The smallest absolute Gasteiger partial charge is 0.0802 e. The van der Waals surface area contributed by atoms with Gasteiger partial charge in [0.2, 0.25) is 0 Å². The van der Waals surface area contributed by atoms with Crippen molar-refractivity contribution in [1.82, 2.24) is 4.90 Å². The first kappa shape index (κ1) is 14.2. The highest BCUT2D eigenvalue weighted by atomic mass is 16.3. The quantitative estimate of drug-likeness (QED) is 0.759. The van der Waals surface area contributed by atoms with E-state index in [2.05, 4.69) is 11.8 Å². The Labute approximate surface area is 104 Å². The van der Waals surface area contributed by atoms with Crippen molar-refractivity contribution in [3.05, 3.63) is 35.4 Å². The van der Waals surface area contributed by atoms with Gasteiger partial charge in [-0.15, -0.1) is 0 Å². The van der Waals surface area contributed by atoms with Crippen LogP contribution < -0.4 is 0 Å². The van der Waals surface area contributed by atoms with Gasteiger partial charge in [0.05, 0.1) is 12.7 Å². The molecular weight excluding hydrogens is 214 g/mol. The van der Waals surface area contributed by atoms with E-state index in [-0.39, 0.29) is 6.61 Å². The van der Waals surface area contributed by atoms with Crippen LogP contribution in [-0.4, -0.2) is 41.4 Å². The van der Waals surface area contributed by atoms with Crippen molar-refractivity contribution in [1.29, 1.82) is 0 Å². The van der Waals surface area contributed by atoms with Gasteiger partial charge in [0.15, 0.2) is 0 Å². The topological polar surface area (TPSA) is 43.7 Å². The number of aliphatic hydroxyl groups excluding tert-OH is 2. The third-order valence-corrected chi connectivity index (χ3v) is 3.01. The van der Waals surface area contributed by atoms with Crippen LogP contribution in [0.15, 0.2) is 24.3 Å². The van der Waals surface area contributed by atoms with Crippen LogP contribution in [-0.2, 0) is 0 Å². The summed E-state index contributed by atoms with van der Waals surface area (Å²) < 4.78 is 0. The van der Waals surface area contributed by atoms with E-state index in [4.69, 9.17) is 5.11 Å². The number of likely N-dealkylation sites (N-methyl/N-ethyl adjacent to an activating group) is 1. The van der Waals surface area contributed by atoms with Crippen molar-refractivity contribution in [2.24, 2.45) is 0 Å². The third kappa shape index (κ3) is 4.86. The second kappa shape index (κ2) is 7.43. The van der Waals surface area contributed by atoms with Gasteiger partial charge < -0.3 is 15.1 Å². The number of hydrogen-bond acceptors (Lipinski definition) is 3. The number of rotatable bonds is 7.